The molecule has 1 aliphatic rings. The fourth-order valence-electron chi connectivity index (χ4n) is 4.26. The van der Waals surface area contributed by atoms with E-state index in [2.05, 4.69) is 13.8 Å². The van der Waals surface area contributed by atoms with E-state index in [-0.39, 0.29) is 17.5 Å². The molecule has 0 bridgehead atoms. The number of para-hydroxylation sites is 1. The van der Waals surface area contributed by atoms with Gasteiger partial charge < -0.3 is 18.5 Å². The van der Waals surface area contributed by atoms with Gasteiger partial charge in [-0.1, -0.05) is 32.0 Å². The summed E-state index contributed by atoms with van der Waals surface area (Å²) in [5.41, 5.74) is 3.50. The number of carbonyl (C=O) groups is 1. The van der Waals surface area contributed by atoms with Crippen molar-refractivity contribution in [2.45, 2.75) is 26.3 Å². The van der Waals surface area contributed by atoms with Crippen LogP contribution in [-0.2, 0) is 6.42 Å². The molecule has 29 heavy (non-hydrogen) atoms. The van der Waals surface area contributed by atoms with Gasteiger partial charge in [0.25, 0.3) is 0 Å². The summed E-state index contributed by atoms with van der Waals surface area (Å²) < 4.78 is 13.4. The minimum Gasteiger partial charge on any atom is -0.477 e. The van der Waals surface area contributed by atoms with Crippen molar-refractivity contribution in [3.63, 3.8) is 0 Å². The van der Waals surface area contributed by atoms with Crippen LogP contribution < -0.4 is 5.43 Å². The highest BCUT2D eigenvalue weighted by Crippen LogP contribution is 2.44. The SMILES string of the molecule is CC(C)C1Cc2c(oc3c(-c4ccoc4)cccc23)-c2cc(=O)c(C(=O)O)cn21. The second-order valence-electron chi connectivity index (χ2n) is 7.77. The summed E-state index contributed by atoms with van der Waals surface area (Å²) in [6.45, 7) is 4.19. The summed E-state index contributed by atoms with van der Waals surface area (Å²) in [5.74, 6) is -0.347. The Bertz CT molecular complexity index is 1310. The van der Waals surface area contributed by atoms with Crippen molar-refractivity contribution in [1.29, 1.82) is 0 Å². The van der Waals surface area contributed by atoms with Crippen LogP contribution in [0.15, 0.2) is 62.7 Å². The number of rotatable bonds is 3. The number of benzene rings is 1. The Morgan fingerprint density at radius 2 is 2.10 bits per heavy atom. The first-order chi connectivity index (χ1) is 14.0. The zero-order valence-corrected chi connectivity index (χ0v) is 16.0. The summed E-state index contributed by atoms with van der Waals surface area (Å²) in [7, 11) is 0. The summed E-state index contributed by atoms with van der Waals surface area (Å²) in [4.78, 5) is 23.9. The van der Waals surface area contributed by atoms with Crippen LogP contribution in [0.3, 0.4) is 0 Å². The first-order valence-electron chi connectivity index (χ1n) is 9.52. The zero-order chi connectivity index (χ0) is 20.3. The highest BCUT2D eigenvalue weighted by atomic mass is 16.4. The van der Waals surface area contributed by atoms with Crippen LogP contribution in [0.2, 0.25) is 0 Å². The molecule has 3 aromatic heterocycles. The standard InChI is InChI=1S/C23H19NO5/c1-12(2)18-8-16-15-5-3-4-14(13-6-7-28-11-13)21(15)29-22(16)19-9-20(25)17(23(26)27)10-24(18)19/h3-7,9-12,18H,8H2,1-2H3,(H,26,27). The lowest BCUT2D eigenvalue weighted by Crippen LogP contribution is -2.27. The lowest BCUT2D eigenvalue weighted by Gasteiger charge is -2.31. The van der Waals surface area contributed by atoms with Gasteiger partial charge in [0.15, 0.2) is 11.2 Å². The molecule has 0 radical (unpaired) electrons. The molecule has 1 N–H and O–H groups in total. The van der Waals surface area contributed by atoms with E-state index in [1.54, 1.807) is 12.5 Å². The Hall–Kier alpha value is -3.54. The third-order valence-electron chi connectivity index (χ3n) is 5.73. The van der Waals surface area contributed by atoms with E-state index in [1.807, 2.05) is 28.8 Å². The van der Waals surface area contributed by atoms with Gasteiger partial charge in [-0.3, -0.25) is 4.79 Å². The molecule has 0 saturated carbocycles. The van der Waals surface area contributed by atoms with E-state index in [0.717, 1.165) is 27.7 Å². The van der Waals surface area contributed by atoms with Crippen molar-refractivity contribution in [2.75, 3.05) is 0 Å². The van der Waals surface area contributed by atoms with Crippen LogP contribution in [0.1, 0.15) is 35.8 Å². The molecule has 0 fully saturated rings. The predicted molar refractivity (Wildman–Crippen MR) is 108 cm³/mol. The Morgan fingerprint density at radius 3 is 2.79 bits per heavy atom. The Balaban J connectivity index is 1.83. The number of carboxylic acid groups (broad SMARTS) is 1. The molecule has 0 spiro atoms. The molecule has 1 aromatic carbocycles. The van der Waals surface area contributed by atoms with Gasteiger partial charge >= 0.3 is 5.97 Å². The van der Waals surface area contributed by atoms with Crippen LogP contribution in [-0.4, -0.2) is 15.6 Å². The summed E-state index contributed by atoms with van der Waals surface area (Å²) in [5, 5.41) is 10.4. The number of hydrogen-bond donors (Lipinski definition) is 1. The zero-order valence-electron chi connectivity index (χ0n) is 16.0. The number of nitrogens with zero attached hydrogens (tertiary/aromatic N) is 1. The van der Waals surface area contributed by atoms with E-state index in [4.69, 9.17) is 8.83 Å². The molecule has 1 unspecified atom stereocenters. The Morgan fingerprint density at radius 1 is 1.28 bits per heavy atom. The number of aromatic carboxylic acids is 1. The molecule has 1 aliphatic heterocycles. The predicted octanol–water partition coefficient (Wildman–Crippen LogP) is 4.97. The minimum atomic E-state index is -1.22. The van der Waals surface area contributed by atoms with Crippen LogP contribution in [0.25, 0.3) is 33.6 Å². The molecule has 0 amide bonds. The van der Waals surface area contributed by atoms with Crippen LogP contribution in [0.4, 0.5) is 0 Å². The van der Waals surface area contributed by atoms with E-state index in [1.165, 1.54) is 12.3 Å². The highest BCUT2D eigenvalue weighted by Gasteiger charge is 2.32. The van der Waals surface area contributed by atoms with E-state index in [0.29, 0.717) is 17.9 Å². The topological polar surface area (TPSA) is 85.6 Å². The van der Waals surface area contributed by atoms with Gasteiger partial charge in [0.05, 0.1) is 18.2 Å². The molecular weight excluding hydrogens is 370 g/mol. The summed E-state index contributed by atoms with van der Waals surface area (Å²) >= 11 is 0. The molecular formula is C23H19NO5. The maximum atomic E-state index is 12.4. The fourth-order valence-corrected chi connectivity index (χ4v) is 4.26. The number of carboxylic acids is 1. The van der Waals surface area contributed by atoms with Crippen molar-refractivity contribution in [3.05, 3.63) is 70.4 Å². The van der Waals surface area contributed by atoms with E-state index < -0.39 is 11.4 Å². The second-order valence-corrected chi connectivity index (χ2v) is 7.77. The van der Waals surface area contributed by atoms with Crippen molar-refractivity contribution in [2.24, 2.45) is 5.92 Å². The maximum absolute atomic E-state index is 12.4. The van der Waals surface area contributed by atoms with Gasteiger partial charge in [0, 0.05) is 40.4 Å². The minimum absolute atomic E-state index is 0.0228. The monoisotopic (exact) mass is 389 g/mol. The maximum Gasteiger partial charge on any atom is 0.341 e. The summed E-state index contributed by atoms with van der Waals surface area (Å²) in [6.07, 6.45) is 5.44. The van der Waals surface area contributed by atoms with E-state index >= 15 is 0 Å². The smallest absolute Gasteiger partial charge is 0.341 e. The van der Waals surface area contributed by atoms with Gasteiger partial charge in [0.2, 0.25) is 0 Å². The average molecular weight is 389 g/mol. The molecule has 6 heteroatoms. The lowest BCUT2D eigenvalue weighted by molar-refractivity contribution is 0.0694. The van der Waals surface area contributed by atoms with Gasteiger partial charge in [-0.25, -0.2) is 4.79 Å². The molecule has 6 nitrogen and oxygen atoms in total. The van der Waals surface area contributed by atoms with Gasteiger partial charge in [-0.15, -0.1) is 0 Å². The Labute approximate surface area is 166 Å². The molecule has 4 heterocycles. The third-order valence-corrected chi connectivity index (χ3v) is 5.73. The quantitative estimate of drug-likeness (QED) is 0.534. The molecule has 5 rings (SSSR count). The van der Waals surface area contributed by atoms with Gasteiger partial charge in [0.1, 0.15) is 11.1 Å². The van der Waals surface area contributed by atoms with Gasteiger partial charge in [-0.05, 0) is 18.4 Å². The lowest BCUT2D eigenvalue weighted by atomic mass is 9.89. The summed E-state index contributed by atoms with van der Waals surface area (Å²) in [6, 6.07) is 9.28. The number of hydrogen-bond acceptors (Lipinski definition) is 4. The molecule has 0 saturated heterocycles. The normalized spacial score (nSPS) is 15.5. The van der Waals surface area contributed by atoms with Gasteiger partial charge in [-0.2, -0.15) is 0 Å². The first-order valence-corrected chi connectivity index (χ1v) is 9.52. The third kappa shape index (κ3) is 2.56. The second kappa shape index (κ2) is 6.24. The Kier molecular flexibility index (Phi) is 3.77. The number of furan rings is 2. The van der Waals surface area contributed by atoms with Crippen LogP contribution in [0.5, 0.6) is 0 Å². The largest absolute Gasteiger partial charge is 0.477 e. The molecule has 1 atom stereocenters. The van der Waals surface area contributed by atoms with E-state index in [9.17, 15) is 14.7 Å². The molecule has 146 valence electrons. The van der Waals surface area contributed by atoms with Crippen molar-refractivity contribution < 1.29 is 18.7 Å². The van der Waals surface area contributed by atoms with Crippen molar-refractivity contribution >= 4 is 16.9 Å². The average Bonchev–Trinajstić information content (AvgIpc) is 3.34. The number of pyridine rings is 1. The fraction of sp³-hybridized carbons (Fsp3) is 0.217. The molecule has 4 aromatic rings. The first kappa shape index (κ1) is 17.6. The molecule has 0 aliphatic carbocycles. The van der Waals surface area contributed by atoms with Crippen LogP contribution in [0, 0.1) is 5.92 Å². The van der Waals surface area contributed by atoms with Crippen LogP contribution >= 0.6 is 0 Å². The van der Waals surface area contributed by atoms with Crippen molar-refractivity contribution in [1.82, 2.24) is 4.57 Å². The number of fused-ring (bicyclic) bond motifs is 5. The highest BCUT2D eigenvalue weighted by molar-refractivity contribution is 5.98. The van der Waals surface area contributed by atoms with Crippen molar-refractivity contribution in [3.8, 4) is 22.6 Å². The number of aromatic nitrogens is 1.